The number of fused-ring (bicyclic) bond motifs is 1. The molecule has 28 heavy (non-hydrogen) atoms. The number of nitrogens with zero attached hydrogens (tertiary/aromatic N) is 3. The Balaban J connectivity index is 1.62. The molecule has 1 fully saturated rings. The van der Waals surface area contributed by atoms with Crippen molar-refractivity contribution in [2.24, 2.45) is 0 Å². The number of Topliss-reactive ketones (excluding diaryl/α,β-unsaturated/α-hetero) is 1. The molecule has 1 aliphatic rings. The van der Waals surface area contributed by atoms with Gasteiger partial charge in [0, 0.05) is 31.4 Å². The molecule has 2 aromatic rings. The highest BCUT2D eigenvalue weighted by Gasteiger charge is 2.30. The minimum Gasteiger partial charge on any atom is -0.481 e. The highest BCUT2D eigenvalue weighted by atomic mass is 19.1. The average molecular weight is 395 g/mol. The van der Waals surface area contributed by atoms with Crippen LogP contribution >= 0.6 is 0 Å². The molecule has 0 unspecified atom stereocenters. The Morgan fingerprint density at radius 2 is 2.04 bits per heavy atom. The van der Waals surface area contributed by atoms with Crippen LogP contribution in [0, 0.1) is 0 Å². The Bertz CT molecular complexity index is 816. The fraction of sp³-hybridized carbons (Fsp3) is 0.650. The van der Waals surface area contributed by atoms with Crippen LogP contribution in [0.1, 0.15) is 56.8 Å². The number of rotatable bonds is 11. The number of ether oxygens (including phenoxy) is 1. The number of aryl methyl sites for hydroxylation is 1. The zero-order valence-corrected chi connectivity index (χ0v) is 16.2. The predicted molar refractivity (Wildman–Crippen MR) is 101 cm³/mol. The van der Waals surface area contributed by atoms with E-state index in [0.29, 0.717) is 24.8 Å². The second-order valence-electron chi connectivity index (χ2n) is 7.59. The third kappa shape index (κ3) is 4.48. The third-order valence-corrected chi connectivity index (χ3v) is 5.36. The summed E-state index contributed by atoms with van der Waals surface area (Å²) in [5.41, 5.74) is -0.513. The molecule has 0 aromatic carbocycles. The Morgan fingerprint density at radius 1 is 1.29 bits per heavy atom. The van der Waals surface area contributed by atoms with Gasteiger partial charge in [-0.2, -0.15) is 4.98 Å². The second kappa shape index (κ2) is 8.94. The number of methoxy groups -OCH3 is 1. The van der Waals surface area contributed by atoms with Crippen molar-refractivity contribution in [3.05, 3.63) is 18.0 Å². The van der Waals surface area contributed by atoms with Gasteiger partial charge in [0.2, 0.25) is 5.88 Å². The zero-order chi connectivity index (χ0) is 20.1. The van der Waals surface area contributed by atoms with Gasteiger partial charge in [0.05, 0.1) is 7.11 Å². The Hall–Kier alpha value is -2.09. The Morgan fingerprint density at radius 3 is 2.64 bits per heavy atom. The van der Waals surface area contributed by atoms with E-state index in [9.17, 15) is 18.7 Å². The first-order valence-electron chi connectivity index (χ1n) is 9.77. The van der Waals surface area contributed by atoms with Crippen LogP contribution in [0.5, 0.6) is 5.88 Å². The molecule has 3 rings (SSSR count). The fourth-order valence-corrected chi connectivity index (χ4v) is 3.51. The van der Waals surface area contributed by atoms with Crippen molar-refractivity contribution in [2.75, 3.05) is 20.5 Å². The average Bonchev–Trinajstić information content (AvgIpc) is 3.01. The predicted octanol–water partition coefficient (Wildman–Crippen LogP) is 3.51. The molecule has 6 nitrogen and oxygen atoms in total. The van der Waals surface area contributed by atoms with Gasteiger partial charge in [-0.05, 0) is 38.2 Å². The third-order valence-electron chi connectivity index (χ3n) is 5.36. The molecule has 0 atom stereocenters. The number of alkyl halides is 2. The smallest absolute Gasteiger partial charge is 0.215 e. The van der Waals surface area contributed by atoms with Crippen molar-refractivity contribution in [3.8, 4) is 5.88 Å². The molecule has 0 aliphatic heterocycles. The molecule has 0 amide bonds. The van der Waals surface area contributed by atoms with Crippen LogP contribution in [0.3, 0.4) is 0 Å². The lowest BCUT2D eigenvalue weighted by Crippen LogP contribution is -2.36. The van der Waals surface area contributed by atoms with Crippen LogP contribution in [0.25, 0.3) is 11.2 Å². The summed E-state index contributed by atoms with van der Waals surface area (Å²) < 4.78 is 32.7. The molecule has 8 heteroatoms. The molecule has 1 saturated carbocycles. The van der Waals surface area contributed by atoms with E-state index in [1.807, 2.05) is 6.07 Å². The van der Waals surface area contributed by atoms with E-state index < -0.39 is 25.4 Å². The number of ketones is 1. The van der Waals surface area contributed by atoms with Gasteiger partial charge in [-0.3, -0.25) is 4.79 Å². The van der Waals surface area contributed by atoms with Gasteiger partial charge in [-0.25, -0.2) is 13.8 Å². The summed E-state index contributed by atoms with van der Waals surface area (Å²) in [5, 5.41) is 9.59. The second-order valence-corrected chi connectivity index (χ2v) is 7.59. The lowest BCUT2D eigenvalue weighted by Gasteiger charge is -2.28. The summed E-state index contributed by atoms with van der Waals surface area (Å²) in [5.74, 6) is 1.17. The van der Waals surface area contributed by atoms with E-state index >= 15 is 0 Å². The molecule has 2 aromatic heterocycles. The van der Waals surface area contributed by atoms with Crippen LogP contribution in [-0.4, -0.2) is 51.5 Å². The van der Waals surface area contributed by atoms with E-state index in [-0.39, 0.29) is 12.2 Å². The zero-order valence-electron chi connectivity index (χ0n) is 16.2. The number of unbranched alkanes of at least 4 members (excludes halogenated alkanes) is 1. The summed E-state index contributed by atoms with van der Waals surface area (Å²) in [6, 6.07) is 4.09. The van der Waals surface area contributed by atoms with Crippen LogP contribution in [0.2, 0.25) is 0 Å². The highest BCUT2D eigenvalue weighted by Crippen LogP contribution is 2.35. The highest BCUT2D eigenvalue weighted by molar-refractivity contribution is 5.79. The van der Waals surface area contributed by atoms with Crippen molar-refractivity contribution in [2.45, 2.75) is 63.0 Å². The van der Waals surface area contributed by atoms with E-state index in [1.54, 1.807) is 13.2 Å². The van der Waals surface area contributed by atoms with Crippen molar-refractivity contribution in [1.29, 1.82) is 0 Å². The van der Waals surface area contributed by atoms with E-state index in [0.717, 1.165) is 36.3 Å². The Labute approximate surface area is 162 Å². The van der Waals surface area contributed by atoms with Crippen LogP contribution in [-0.2, 0) is 11.2 Å². The van der Waals surface area contributed by atoms with Gasteiger partial charge < -0.3 is 14.4 Å². The summed E-state index contributed by atoms with van der Waals surface area (Å²) in [7, 11) is 1.59. The van der Waals surface area contributed by atoms with Crippen molar-refractivity contribution in [3.63, 3.8) is 0 Å². The lowest BCUT2D eigenvalue weighted by atomic mass is 9.92. The monoisotopic (exact) mass is 395 g/mol. The minimum atomic E-state index is -2.17. The molecule has 0 bridgehead atoms. The van der Waals surface area contributed by atoms with Crippen LogP contribution in [0.15, 0.2) is 12.1 Å². The Kier molecular flexibility index (Phi) is 6.59. The normalized spacial score (nSPS) is 15.0. The number of hydrogen-bond acceptors (Lipinski definition) is 5. The lowest BCUT2D eigenvalue weighted by molar-refractivity contribution is -0.125. The van der Waals surface area contributed by atoms with Gasteiger partial charge in [0.15, 0.2) is 5.65 Å². The number of aliphatic hydroxyl groups is 1. The van der Waals surface area contributed by atoms with Crippen molar-refractivity contribution >= 4 is 16.9 Å². The largest absolute Gasteiger partial charge is 0.481 e. The maximum Gasteiger partial charge on any atom is 0.215 e. The van der Waals surface area contributed by atoms with Gasteiger partial charge in [0.1, 0.15) is 36.1 Å². The maximum absolute atomic E-state index is 12.7. The molecule has 2 heterocycles. The summed E-state index contributed by atoms with van der Waals surface area (Å²) in [6.45, 7) is -2.51. The van der Waals surface area contributed by atoms with E-state index in [1.165, 1.54) is 6.42 Å². The molecular weight excluding hydrogens is 368 g/mol. The van der Waals surface area contributed by atoms with E-state index in [2.05, 4.69) is 9.55 Å². The van der Waals surface area contributed by atoms with Gasteiger partial charge >= 0.3 is 0 Å². The van der Waals surface area contributed by atoms with Crippen LogP contribution in [0.4, 0.5) is 8.78 Å². The van der Waals surface area contributed by atoms with Crippen molar-refractivity contribution < 1.29 is 23.4 Å². The molecule has 1 N–H and O–H groups in total. The fourth-order valence-electron chi connectivity index (χ4n) is 3.51. The standard InChI is InChI=1S/C20H27F2N3O3/c1-28-18-10-9-16-19(24-18)25(14-5-4-6-14)17(23-16)8-3-2-7-15(26)11-20(27,12-21)13-22/h9-10,14,27H,2-8,11-13H2,1H3. The van der Waals surface area contributed by atoms with Gasteiger partial charge in [-0.1, -0.05) is 0 Å². The molecule has 1 aliphatic carbocycles. The number of imidazole rings is 1. The first-order valence-corrected chi connectivity index (χ1v) is 9.77. The first-order chi connectivity index (χ1) is 13.5. The number of carbonyl (C=O) groups excluding carboxylic acids is 1. The topological polar surface area (TPSA) is 77.2 Å². The maximum atomic E-state index is 12.7. The molecular formula is C20H27F2N3O3. The summed E-state index contributed by atoms with van der Waals surface area (Å²) in [4.78, 5) is 21.2. The minimum absolute atomic E-state index is 0.192. The van der Waals surface area contributed by atoms with Crippen LogP contribution < -0.4 is 4.74 Å². The molecule has 154 valence electrons. The number of hydrogen-bond donors (Lipinski definition) is 1. The van der Waals surface area contributed by atoms with Crippen molar-refractivity contribution in [1.82, 2.24) is 14.5 Å². The first kappa shape index (κ1) is 20.6. The van der Waals surface area contributed by atoms with E-state index in [4.69, 9.17) is 9.72 Å². The van der Waals surface area contributed by atoms with Gasteiger partial charge in [0.25, 0.3) is 0 Å². The number of aromatic nitrogens is 3. The number of halogens is 2. The quantitative estimate of drug-likeness (QED) is 0.589. The summed E-state index contributed by atoms with van der Waals surface area (Å²) >= 11 is 0. The number of carbonyl (C=O) groups is 1. The molecule has 0 radical (unpaired) electrons. The SMILES string of the molecule is COc1ccc2nc(CCCCC(=O)CC(O)(CF)CF)n(C3CCC3)c2n1. The number of pyridine rings is 1. The van der Waals surface area contributed by atoms with Gasteiger partial charge in [-0.15, -0.1) is 0 Å². The molecule has 0 spiro atoms. The summed E-state index contributed by atoms with van der Waals surface area (Å²) in [6.07, 6.45) is 5.10. The molecule has 0 saturated heterocycles.